The summed E-state index contributed by atoms with van der Waals surface area (Å²) in [6.07, 6.45) is 1.51. The second kappa shape index (κ2) is 9.98. The highest BCUT2D eigenvalue weighted by atomic mass is 35.5. The lowest BCUT2D eigenvalue weighted by molar-refractivity contribution is -0.147. The number of aliphatic hydroxyl groups is 1. The number of hydrogen-bond acceptors (Lipinski definition) is 5. The molecule has 2 bridgehead atoms. The van der Waals surface area contributed by atoms with Crippen molar-refractivity contribution in [3.05, 3.63) is 59.6 Å². The number of nitrogens with one attached hydrogen (secondary N) is 2. The molecule has 202 valence electrons. The minimum atomic E-state index is -1.18. The number of benzene rings is 2. The van der Waals surface area contributed by atoms with E-state index >= 15 is 0 Å². The molecule has 3 amide bonds. The van der Waals surface area contributed by atoms with Gasteiger partial charge in [-0.1, -0.05) is 43.6 Å². The summed E-state index contributed by atoms with van der Waals surface area (Å²) in [5.74, 6) is -2.48. The summed E-state index contributed by atoms with van der Waals surface area (Å²) in [6.45, 7) is 5.57. The van der Waals surface area contributed by atoms with Crippen LogP contribution in [0.5, 0.6) is 0 Å². The molecule has 9 heteroatoms. The van der Waals surface area contributed by atoms with Crippen LogP contribution in [0.2, 0.25) is 5.02 Å². The van der Waals surface area contributed by atoms with Crippen molar-refractivity contribution in [2.24, 2.45) is 17.8 Å². The van der Waals surface area contributed by atoms with Gasteiger partial charge in [-0.25, -0.2) is 0 Å². The number of para-hydroxylation sites is 1. The van der Waals surface area contributed by atoms with Crippen molar-refractivity contribution in [2.45, 2.75) is 63.3 Å². The fourth-order valence-corrected chi connectivity index (χ4v) is 6.89. The third-order valence-electron chi connectivity index (χ3n) is 8.25. The third kappa shape index (κ3) is 4.38. The van der Waals surface area contributed by atoms with Crippen molar-refractivity contribution in [3.63, 3.8) is 0 Å². The van der Waals surface area contributed by atoms with Crippen LogP contribution >= 0.6 is 11.6 Å². The van der Waals surface area contributed by atoms with Gasteiger partial charge in [-0.3, -0.25) is 14.4 Å². The number of likely N-dealkylation sites (tertiary alicyclic amines) is 1. The molecule has 0 aliphatic carbocycles. The Morgan fingerprint density at radius 3 is 2.32 bits per heavy atom. The van der Waals surface area contributed by atoms with Crippen LogP contribution in [-0.2, 0) is 19.1 Å². The van der Waals surface area contributed by atoms with Gasteiger partial charge in [0.05, 0.1) is 30.1 Å². The third-order valence-corrected chi connectivity index (χ3v) is 8.50. The Balaban J connectivity index is 1.54. The minimum Gasteiger partial charge on any atom is -0.394 e. The largest absolute Gasteiger partial charge is 0.394 e. The van der Waals surface area contributed by atoms with E-state index in [-0.39, 0.29) is 24.3 Å². The summed E-state index contributed by atoms with van der Waals surface area (Å²) in [6, 6.07) is 14.2. The van der Waals surface area contributed by atoms with Gasteiger partial charge in [0.2, 0.25) is 17.7 Å². The van der Waals surface area contributed by atoms with Gasteiger partial charge in [-0.05, 0) is 68.5 Å². The number of carbonyl (C=O) groups is 3. The Hall–Kier alpha value is -2.94. The molecule has 3 aliphatic heterocycles. The minimum absolute atomic E-state index is 0.171. The first kappa shape index (κ1) is 26.7. The number of ether oxygens (including phenoxy) is 1. The molecule has 2 unspecified atom stereocenters. The van der Waals surface area contributed by atoms with Gasteiger partial charge in [0.1, 0.15) is 11.6 Å². The van der Waals surface area contributed by atoms with Crippen LogP contribution in [0.25, 0.3) is 0 Å². The zero-order valence-electron chi connectivity index (χ0n) is 21.8. The van der Waals surface area contributed by atoms with Crippen LogP contribution in [0.15, 0.2) is 54.6 Å². The summed E-state index contributed by atoms with van der Waals surface area (Å²) in [4.78, 5) is 43.4. The Kier molecular flexibility index (Phi) is 7.00. The molecule has 0 saturated carbocycles. The standard InChI is InChI=1S/C29H34ClN3O5/c1-17(2)15-21(16-34)33-24(26(36)32-20-11-9-18(30)10-12-20)29-14-13-28(3,38-29)22(23(29)27(33)37)25(35)31-19-7-5-4-6-8-19/h4-12,17,21-24,34H,13-16H2,1-3H3,(H,31,35)(H,32,36)/t21-,22-,23+,24?,28+,29?/m1/s1. The van der Waals surface area contributed by atoms with Crippen LogP contribution in [0.1, 0.15) is 40.0 Å². The van der Waals surface area contributed by atoms with Crippen LogP contribution in [0.3, 0.4) is 0 Å². The Labute approximate surface area is 227 Å². The SMILES string of the molecule is CC(C)C[C@H](CO)N1C(=O)[C@@H]2[C@H](C(=O)Nc3ccccc3)[C@]3(C)CCC2(O3)C1C(=O)Nc1ccc(Cl)cc1. The lowest BCUT2D eigenvalue weighted by Gasteiger charge is -2.37. The van der Waals surface area contributed by atoms with Gasteiger partial charge >= 0.3 is 0 Å². The van der Waals surface area contributed by atoms with Crippen LogP contribution in [0.4, 0.5) is 11.4 Å². The molecule has 3 aliphatic rings. The quantitative estimate of drug-likeness (QED) is 0.468. The van der Waals surface area contributed by atoms with Crippen molar-refractivity contribution in [2.75, 3.05) is 17.2 Å². The van der Waals surface area contributed by atoms with E-state index in [1.807, 2.05) is 39.0 Å². The van der Waals surface area contributed by atoms with E-state index in [1.54, 1.807) is 36.4 Å². The molecule has 2 aromatic rings. The number of amides is 3. The molecule has 2 aromatic carbocycles. The maximum Gasteiger partial charge on any atom is 0.250 e. The predicted octanol–water partition coefficient (Wildman–Crippen LogP) is 4.09. The van der Waals surface area contributed by atoms with Crippen molar-refractivity contribution >= 4 is 40.7 Å². The van der Waals surface area contributed by atoms with Crippen LogP contribution in [0, 0.1) is 17.8 Å². The number of hydrogen-bond donors (Lipinski definition) is 3. The van der Waals surface area contributed by atoms with Gasteiger partial charge in [-0.15, -0.1) is 0 Å². The maximum atomic E-state index is 14.2. The highest BCUT2D eigenvalue weighted by molar-refractivity contribution is 6.30. The lowest BCUT2D eigenvalue weighted by Crippen LogP contribution is -2.56. The lowest BCUT2D eigenvalue weighted by atomic mass is 9.66. The topological polar surface area (TPSA) is 108 Å². The second-order valence-corrected chi connectivity index (χ2v) is 11.7. The Morgan fingerprint density at radius 1 is 1.05 bits per heavy atom. The molecule has 0 radical (unpaired) electrons. The number of aliphatic hydroxyl groups excluding tert-OH is 1. The fourth-order valence-electron chi connectivity index (χ4n) is 6.76. The molecule has 3 heterocycles. The first-order valence-corrected chi connectivity index (χ1v) is 13.5. The van der Waals surface area contributed by atoms with Gasteiger partial charge in [0, 0.05) is 16.4 Å². The summed E-state index contributed by atoms with van der Waals surface area (Å²) in [7, 11) is 0. The molecule has 3 N–H and O–H groups in total. The molecule has 3 fully saturated rings. The van der Waals surface area contributed by atoms with E-state index < -0.39 is 41.0 Å². The zero-order valence-corrected chi connectivity index (χ0v) is 22.6. The average molecular weight is 540 g/mol. The fraction of sp³-hybridized carbons (Fsp3) is 0.483. The average Bonchev–Trinajstić information content (AvgIpc) is 3.45. The number of anilines is 2. The summed E-state index contributed by atoms with van der Waals surface area (Å²) in [5.41, 5.74) is -0.902. The summed E-state index contributed by atoms with van der Waals surface area (Å²) >= 11 is 6.02. The van der Waals surface area contributed by atoms with Crippen molar-refractivity contribution in [1.29, 1.82) is 0 Å². The molecule has 8 nitrogen and oxygen atoms in total. The second-order valence-electron chi connectivity index (χ2n) is 11.3. The van der Waals surface area contributed by atoms with Crippen molar-refractivity contribution in [1.82, 2.24) is 4.90 Å². The molecule has 0 aromatic heterocycles. The number of nitrogens with zero attached hydrogens (tertiary/aromatic N) is 1. The van der Waals surface area contributed by atoms with Gasteiger partial charge in [0.25, 0.3) is 0 Å². The molecule has 3 saturated heterocycles. The summed E-state index contributed by atoms with van der Waals surface area (Å²) in [5, 5.41) is 16.8. The molecular formula is C29H34ClN3O5. The molecule has 5 rings (SSSR count). The van der Waals surface area contributed by atoms with Crippen LogP contribution < -0.4 is 10.6 Å². The van der Waals surface area contributed by atoms with E-state index in [1.165, 1.54) is 4.90 Å². The molecule has 1 spiro atoms. The van der Waals surface area contributed by atoms with Crippen molar-refractivity contribution in [3.8, 4) is 0 Å². The highest BCUT2D eigenvalue weighted by Crippen LogP contribution is 2.63. The molecule has 38 heavy (non-hydrogen) atoms. The maximum absolute atomic E-state index is 14.2. The molecule has 6 atom stereocenters. The van der Waals surface area contributed by atoms with E-state index in [0.29, 0.717) is 35.7 Å². The Bertz CT molecular complexity index is 1220. The van der Waals surface area contributed by atoms with Gasteiger partial charge in [0.15, 0.2) is 0 Å². The number of fused-ring (bicyclic) bond motifs is 1. The normalized spacial score (nSPS) is 30.4. The van der Waals surface area contributed by atoms with Gasteiger partial charge < -0.3 is 25.4 Å². The monoisotopic (exact) mass is 539 g/mol. The van der Waals surface area contributed by atoms with Crippen LogP contribution in [-0.4, -0.2) is 57.6 Å². The van der Waals surface area contributed by atoms with E-state index in [0.717, 1.165) is 0 Å². The summed E-state index contributed by atoms with van der Waals surface area (Å²) < 4.78 is 6.65. The predicted molar refractivity (Wildman–Crippen MR) is 145 cm³/mol. The number of carbonyl (C=O) groups excluding carboxylic acids is 3. The smallest absolute Gasteiger partial charge is 0.250 e. The van der Waals surface area contributed by atoms with E-state index in [9.17, 15) is 19.5 Å². The zero-order chi connectivity index (χ0) is 27.2. The number of halogens is 1. The van der Waals surface area contributed by atoms with E-state index in [4.69, 9.17) is 16.3 Å². The van der Waals surface area contributed by atoms with E-state index in [2.05, 4.69) is 10.6 Å². The van der Waals surface area contributed by atoms with Crippen molar-refractivity contribution < 1.29 is 24.2 Å². The molecular weight excluding hydrogens is 506 g/mol. The highest BCUT2D eigenvalue weighted by Gasteiger charge is 2.78. The first-order chi connectivity index (χ1) is 18.1. The first-order valence-electron chi connectivity index (χ1n) is 13.1. The number of rotatable bonds is 8. The Morgan fingerprint density at radius 2 is 1.68 bits per heavy atom. The van der Waals surface area contributed by atoms with Gasteiger partial charge in [-0.2, -0.15) is 0 Å².